The predicted molar refractivity (Wildman–Crippen MR) is 48.8 cm³/mol. The van der Waals surface area contributed by atoms with E-state index in [0.717, 1.165) is 5.69 Å². The first kappa shape index (κ1) is 7.37. The molecule has 1 aliphatic heterocycles. The van der Waals surface area contributed by atoms with E-state index in [1.165, 1.54) is 5.56 Å². The minimum atomic E-state index is 0.675. The fraction of sp³-hybridized carbons (Fsp3) is 0.200. The van der Waals surface area contributed by atoms with Gasteiger partial charge in [0.15, 0.2) is 0 Å². The third-order valence-corrected chi connectivity index (χ3v) is 1.81. The summed E-state index contributed by atoms with van der Waals surface area (Å²) in [7, 11) is 0. The van der Waals surface area contributed by atoms with Crippen molar-refractivity contribution in [3.05, 3.63) is 42.1 Å². The zero-order valence-electron chi connectivity index (χ0n) is 7.03. The van der Waals surface area contributed by atoms with Crippen molar-refractivity contribution in [1.29, 1.82) is 0 Å². The molecule has 2 rings (SSSR count). The standard InChI is InChI=1S/C10H11NO/c1-9-4-2-5-10(8-9)11-6-3-7-12-11/h2-6,8H,7H2,1H3. The highest BCUT2D eigenvalue weighted by molar-refractivity contribution is 5.49. The van der Waals surface area contributed by atoms with Crippen molar-refractivity contribution in [1.82, 2.24) is 0 Å². The highest BCUT2D eigenvalue weighted by atomic mass is 16.7. The molecule has 0 fully saturated rings. The number of hydrogen-bond donors (Lipinski definition) is 0. The minimum absolute atomic E-state index is 0.675. The Bertz CT molecular complexity index is 306. The minimum Gasteiger partial charge on any atom is -0.265 e. The fourth-order valence-electron chi connectivity index (χ4n) is 1.23. The maximum Gasteiger partial charge on any atom is 0.0952 e. The lowest BCUT2D eigenvalue weighted by Crippen LogP contribution is -2.10. The molecule has 0 saturated heterocycles. The van der Waals surface area contributed by atoms with Gasteiger partial charge in [0.1, 0.15) is 0 Å². The summed E-state index contributed by atoms with van der Waals surface area (Å²) in [6.07, 6.45) is 3.93. The van der Waals surface area contributed by atoms with Crippen LogP contribution in [0.1, 0.15) is 5.56 Å². The molecule has 0 N–H and O–H groups in total. The largest absolute Gasteiger partial charge is 0.265 e. The number of rotatable bonds is 1. The summed E-state index contributed by atoms with van der Waals surface area (Å²) in [6.45, 7) is 2.75. The van der Waals surface area contributed by atoms with Crippen LogP contribution in [0.3, 0.4) is 0 Å². The van der Waals surface area contributed by atoms with Crippen LogP contribution in [-0.4, -0.2) is 6.61 Å². The maximum absolute atomic E-state index is 5.32. The van der Waals surface area contributed by atoms with Gasteiger partial charge in [-0.15, -0.1) is 0 Å². The number of hydrogen-bond acceptors (Lipinski definition) is 2. The van der Waals surface area contributed by atoms with Gasteiger partial charge in [0.25, 0.3) is 0 Å². The Balaban J connectivity index is 2.27. The van der Waals surface area contributed by atoms with Crippen LogP contribution >= 0.6 is 0 Å². The van der Waals surface area contributed by atoms with Crippen molar-refractivity contribution in [3.63, 3.8) is 0 Å². The Labute approximate surface area is 72.0 Å². The normalized spacial score (nSPS) is 15.6. The second-order valence-electron chi connectivity index (χ2n) is 2.85. The first-order chi connectivity index (χ1) is 5.86. The molecular weight excluding hydrogens is 150 g/mol. The molecule has 0 spiro atoms. The summed E-state index contributed by atoms with van der Waals surface area (Å²) in [4.78, 5) is 5.32. The number of hydroxylamine groups is 1. The first-order valence-electron chi connectivity index (χ1n) is 4.02. The van der Waals surface area contributed by atoms with Gasteiger partial charge < -0.3 is 0 Å². The molecule has 0 atom stereocenters. The van der Waals surface area contributed by atoms with E-state index in [2.05, 4.69) is 19.1 Å². The van der Waals surface area contributed by atoms with Gasteiger partial charge >= 0.3 is 0 Å². The fourth-order valence-corrected chi connectivity index (χ4v) is 1.23. The van der Waals surface area contributed by atoms with Crippen LogP contribution in [-0.2, 0) is 4.84 Å². The van der Waals surface area contributed by atoms with Crippen LogP contribution in [0, 0.1) is 6.92 Å². The van der Waals surface area contributed by atoms with E-state index in [-0.39, 0.29) is 0 Å². The second kappa shape index (κ2) is 2.99. The van der Waals surface area contributed by atoms with Gasteiger partial charge in [0.2, 0.25) is 0 Å². The van der Waals surface area contributed by atoms with E-state index in [1.54, 1.807) is 5.06 Å². The lowest BCUT2D eigenvalue weighted by Gasteiger charge is -2.14. The Morgan fingerprint density at radius 3 is 3.00 bits per heavy atom. The van der Waals surface area contributed by atoms with E-state index in [0.29, 0.717) is 6.61 Å². The summed E-state index contributed by atoms with van der Waals surface area (Å²) in [5, 5.41) is 1.78. The summed E-state index contributed by atoms with van der Waals surface area (Å²) < 4.78 is 0. The van der Waals surface area contributed by atoms with Crippen LogP contribution in [0.2, 0.25) is 0 Å². The van der Waals surface area contributed by atoms with Gasteiger partial charge in [0.05, 0.1) is 12.3 Å². The van der Waals surface area contributed by atoms with Crippen LogP contribution in [0.25, 0.3) is 0 Å². The molecule has 0 saturated carbocycles. The van der Waals surface area contributed by atoms with Crippen LogP contribution in [0.5, 0.6) is 0 Å². The van der Waals surface area contributed by atoms with Gasteiger partial charge in [-0.2, -0.15) is 0 Å². The Morgan fingerprint density at radius 2 is 2.33 bits per heavy atom. The molecule has 12 heavy (non-hydrogen) atoms. The summed E-state index contributed by atoms with van der Waals surface area (Å²) in [6, 6.07) is 8.22. The molecule has 0 radical (unpaired) electrons. The second-order valence-corrected chi connectivity index (χ2v) is 2.85. The zero-order chi connectivity index (χ0) is 8.39. The third kappa shape index (κ3) is 1.34. The third-order valence-electron chi connectivity index (χ3n) is 1.81. The number of anilines is 1. The van der Waals surface area contributed by atoms with E-state index < -0.39 is 0 Å². The molecule has 62 valence electrons. The lowest BCUT2D eigenvalue weighted by atomic mass is 10.2. The van der Waals surface area contributed by atoms with Crippen LogP contribution < -0.4 is 5.06 Å². The van der Waals surface area contributed by atoms with Crippen LogP contribution in [0.15, 0.2) is 36.5 Å². The number of benzene rings is 1. The number of aryl methyl sites for hydroxylation is 1. The highest BCUT2D eigenvalue weighted by Gasteiger charge is 2.06. The van der Waals surface area contributed by atoms with Gasteiger partial charge in [-0.3, -0.25) is 4.84 Å². The monoisotopic (exact) mass is 161 g/mol. The molecule has 0 aliphatic carbocycles. The topological polar surface area (TPSA) is 12.5 Å². The summed E-state index contributed by atoms with van der Waals surface area (Å²) in [5.41, 5.74) is 2.33. The van der Waals surface area contributed by atoms with E-state index in [4.69, 9.17) is 4.84 Å². The molecule has 0 amide bonds. The van der Waals surface area contributed by atoms with Crippen molar-refractivity contribution in [2.24, 2.45) is 0 Å². The molecular formula is C10H11NO. The van der Waals surface area contributed by atoms with Crippen LogP contribution in [0.4, 0.5) is 5.69 Å². The van der Waals surface area contributed by atoms with Gasteiger partial charge in [0, 0.05) is 6.20 Å². The molecule has 0 unspecified atom stereocenters. The van der Waals surface area contributed by atoms with E-state index in [1.807, 2.05) is 24.4 Å². The highest BCUT2D eigenvalue weighted by Crippen LogP contribution is 2.18. The molecule has 1 aliphatic rings. The van der Waals surface area contributed by atoms with Crippen molar-refractivity contribution >= 4 is 5.69 Å². The van der Waals surface area contributed by atoms with E-state index >= 15 is 0 Å². The maximum atomic E-state index is 5.32. The zero-order valence-corrected chi connectivity index (χ0v) is 7.03. The SMILES string of the molecule is Cc1cccc(N2C=CCO2)c1. The molecule has 2 heteroatoms. The van der Waals surface area contributed by atoms with Crippen molar-refractivity contribution < 1.29 is 4.84 Å². The average Bonchev–Trinajstić information content (AvgIpc) is 2.56. The molecule has 0 aromatic heterocycles. The Morgan fingerprint density at radius 1 is 1.42 bits per heavy atom. The van der Waals surface area contributed by atoms with Crippen molar-refractivity contribution in [2.75, 3.05) is 11.7 Å². The summed E-state index contributed by atoms with van der Waals surface area (Å²) in [5.74, 6) is 0. The smallest absolute Gasteiger partial charge is 0.0952 e. The van der Waals surface area contributed by atoms with E-state index in [9.17, 15) is 0 Å². The predicted octanol–water partition coefficient (Wildman–Crippen LogP) is 2.26. The Kier molecular flexibility index (Phi) is 1.84. The molecule has 2 nitrogen and oxygen atoms in total. The first-order valence-corrected chi connectivity index (χ1v) is 4.02. The lowest BCUT2D eigenvalue weighted by molar-refractivity contribution is 0.180. The quantitative estimate of drug-likeness (QED) is 0.626. The van der Waals surface area contributed by atoms with Crippen molar-refractivity contribution in [3.8, 4) is 0 Å². The van der Waals surface area contributed by atoms with Crippen molar-refractivity contribution in [2.45, 2.75) is 6.92 Å². The van der Waals surface area contributed by atoms with Gasteiger partial charge in [-0.25, -0.2) is 5.06 Å². The summed E-state index contributed by atoms with van der Waals surface area (Å²) >= 11 is 0. The molecule has 1 heterocycles. The van der Waals surface area contributed by atoms with Gasteiger partial charge in [-0.1, -0.05) is 12.1 Å². The van der Waals surface area contributed by atoms with Gasteiger partial charge in [-0.05, 0) is 30.7 Å². The average molecular weight is 161 g/mol. The molecule has 0 bridgehead atoms. The number of nitrogens with zero attached hydrogens (tertiary/aromatic N) is 1. The molecule has 1 aromatic carbocycles. The Hall–Kier alpha value is -1.28. The molecule has 1 aromatic rings.